The van der Waals surface area contributed by atoms with Crippen molar-refractivity contribution in [1.82, 2.24) is 0 Å². The van der Waals surface area contributed by atoms with Gasteiger partial charge in [0.15, 0.2) is 0 Å². The maximum Gasteiger partial charge on any atom is 0.118 e. The van der Waals surface area contributed by atoms with Crippen molar-refractivity contribution < 1.29 is 9.22 Å². The summed E-state index contributed by atoms with van der Waals surface area (Å²) < 4.78 is 6.53. The van der Waals surface area contributed by atoms with E-state index in [4.69, 9.17) is 4.74 Å². The lowest BCUT2D eigenvalue weighted by molar-refractivity contribution is -0.929. The van der Waals surface area contributed by atoms with Crippen LogP contribution in [-0.4, -0.2) is 31.2 Å². The van der Waals surface area contributed by atoms with Crippen molar-refractivity contribution in [1.29, 1.82) is 0 Å². The van der Waals surface area contributed by atoms with Gasteiger partial charge in [0.05, 0.1) is 26.7 Å². The standard InChI is InChI=1S/C16H26NO/c1-3-4-11-17(12-5-6-13-17)14-15-7-9-16(18-2)10-8-15/h7-10H,3-6,11-14H2,1-2H3/q+1. The van der Waals surface area contributed by atoms with Crippen molar-refractivity contribution >= 4 is 0 Å². The second-order valence-corrected chi connectivity index (χ2v) is 5.58. The summed E-state index contributed by atoms with van der Waals surface area (Å²) in [6.07, 6.45) is 5.47. The summed E-state index contributed by atoms with van der Waals surface area (Å²) in [5.74, 6) is 0.959. The van der Waals surface area contributed by atoms with Gasteiger partial charge in [-0.1, -0.05) is 13.3 Å². The van der Waals surface area contributed by atoms with Crippen LogP contribution in [0.1, 0.15) is 38.2 Å². The third-order valence-electron chi connectivity index (χ3n) is 4.18. The van der Waals surface area contributed by atoms with Crippen molar-refractivity contribution in [3.63, 3.8) is 0 Å². The molecule has 0 aliphatic carbocycles. The van der Waals surface area contributed by atoms with E-state index in [2.05, 4.69) is 31.2 Å². The molecule has 100 valence electrons. The number of methoxy groups -OCH3 is 1. The highest BCUT2D eigenvalue weighted by atomic mass is 16.5. The maximum atomic E-state index is 5.22. The molecule has 0 bridgehead atoms. The lowest BCUT2D eigenvalue weighted by atomic mass is 10.1. The Hall–Kier alpha value is -1.02. The molecule has 1 aliphatic rings. The first-order valence-corrected chi connectivity index (χ1v) is 7.26. The molecule has 0 N–H and O–H groups in total. The maximum absolute atomic E-state index is 5.22. The highest BCUT2D eigenvalue weighted by molar-refractivity contribution is 5.26. The van der Waals surface area contributed by atoms with Crippen LogP contribution in [0.5, 0.6) is 5.75 Å². The van der Waals surface area contributed by atoms with Crippen molar-refractivity contribution in [3.8, 4) is 5.75 Å². The van der Waals surface area contributed by atoms with Gasteiger partial charge in [-0.2, -0.15) is 0 Å². The van der Waals surface area contributed by atoms with E-state index in [-0.39, 0.29) is 0 Å². The molecule has 0 atom stereocenters. The zero-order chi connectivity index (χ0) is 12.8. The zero-order valence-corrected chi connectivity index (χ0v) is 11.8. The van der Waals surface area contributed by atoms with E-state index in [1.165, 1.54) is 61.9 Å². The minimum absolute atomic E-state index is 0.959. The van der Waals surface area contributed by atoms with Gasteiger partial charge in [0, 0.05) is 18.4 Å². The van der Waals surface area contributed by atoms with Gasteiger partial charge in [0.25, 0.3) is 0 Å². The molecular weight excluding hydrogens is 222 g/mol. The molecule has 2 heteroatoms. The molecule has 0 unspecified atom stereocenters. The van der Waals surface area contributed by atoms with Gasteiger partial charge in [0.2, 0.25) is 0 Å². The predicted molar refractivity (Wildman–Crippen MR) is 75.7 cm³/mol. The van der Waals surface area contributed by atoms with Crippen LogP contribution in [-0.2, 0) is 6.54 Å². The SMILES string of the molecule is CCCC[N+]1(Cc2ccc(OC)cc2)CCCC1. The van der Waals surface area contributed by atoms with E-state index in [0.717, 1.165) is 5.75 Å². The summed E-state index contributed by atoms with van der Waals surface area (Å²) in [5, 5.41) is 0. The van der Waals surface area contributed by atoms with E-state index in [1.54, 1.807) is 7.11 Å². The number of rotatable bonds is 6. The average molecular weight is 248 g/mol. The molecule has 0 aromatic heterocycles. The molecule has 2 rings (SSSR count). The molecule has 1 saturated heterocycles. The number of quaternary nitrogens is 1. The lowest BCUT2D eigenvalue weighted by Gasteiger charge is -2.34. The largest absolute Gasteiger partial charge is 0.497 e. The van der Waals surface area contributed by atoms with Gasteiger partial charge in [0.1, 0.15) is 12.3 Å². The molecule has 1 fully saturated rings. The van der Waals surface area contributed by atoms with Crippen molar-refractivity contribution in [2.45, 2.75) is 39.2 Å². The van der Waals surface area contributed by atoms with Crippen LogP contribution >= 0.6 is 0 Å². The molecule has 18 heavy (non-hydrogen) atoms. The minimum Gasteiger partial charge on any atom is -0.497 e. The van der Waals surface area contributed by atoms with Gasteiger partial charge >= 0.3 is 0 Å². The molecule has 0 saturated carbocycles. The second kappa shape index (κ2) is 6.24. The van der Waals surface area contributed by atoms with Gasteiger partial charge in [-0.15, -0.1) is 0 Å². The Morgan fingerprint density at radius 1 is 1.11 bits per heavy atom. The first-order chi connectivity index (χ1) is 8.78. The van der Waals surface area contributed by atoms with Crippen LogP contribution < -0.4 is 4.74 Å². The van der Waals surface area contributed by atoms with E-state index in [9.17, 15) is 0 Å². The van der Waals surface area contributed by atoms with E-state index in [1.807, 2.05) is 0 Å². The fraction of sp³-hybridized carbons (Fsp3) is 0.625. The molecule has 0 amide bonds. The third-order valence-corrected chi connectivity index (χ3v) is 4.18. The van der Waals surface area contributed by atoms with Crippen LogP contribution in [0.25, 0.3) is 0 Å². The fourth-order valence-electron chi connectivity index (χ4n) is 3.08. The van der Waals surface area contributed by atoms with E-state index in [0.29, 0.717) is 0 Å². The Morgan fingerprint density at radius 2 is 1.78 bits per heavy atom. The van der Waals surface area contributed by atoms with Crippen molar-refractivity contribution in [2.75, 3.05) is 26.7 Å². The molecule has 2 nitrogen and oxygen atoms in total. The van der Waals surface area contributed by atoms with Gasteiger partial charge < -0.3 is 9.22 Å². The van der Waals surface area contributed by atoms with Crippen LogP contribution in [0, 0.1) is 0 Å². The number of hydrogen-bond acceptors (Lipinski definition) is 1. The Labute approximate surface area is 111 Å². The van der Waals surface area contributed by atoms with Crippen LogP contribution in [0.2, 0.25) is 0 Å². The first-order valence-electron chi connectivity index (χ1n) is 7.26. The Balaban J connectivity index is 2.03. The first kappa shape index (κ1) is 13.4. The summed E-state index contributed by atoms with van der Waals surface area (Å²) in [6, 6.07) is 8.62. The molecule has 1 aromatic carbocycles. The van der Waals surface area contributed by atoms with Gasteiger partial charge in [-0.3, -0.25) is 0 Å². The number of likely N-dealkylation sites (tertiary alicyclic amines) is 1. The fourth-order valence-corrected chi connectivity index (χ4v) is 3.08. The quantitative estimate of drug-likeness (QED) is 0.699. The van der Waals surface area contributed by atoms with Gasteiger partial charge in [-0.05, 0) is 30.7 Å². The van der Waals surface area contributed by atoms with Gasteiger partial charge in [-0.25, -0.2) is 0 Å². The molecule has 1 aromatic rings. The normalized spacial score (nSPS) is 17.9. The highest BCUT2D eigenvalue weighted by Crippen LogP contribution is 2.25. The Bertz CT molecular complexity index is 352. The number of ether oxygens (including phenoxy) is 1. The number of hydrogen-bond donors (Lipinski definition) is 0. The van der Waals surface area contributed by atoms with Crippen molar-refractivity contribution in [3.05, 3.63) is 29.8 Å². The monoisotopic (exact) mass is 248 g/mol. The summed E-state index contributed by atoms with van der Waals surface area (Å²) in [7, 11) is 1.73. The molecule has 0 radical (unpaired) electrons. The summed E-state index contributed by atoms with van der Waals surface area (Å²) >= 11 is 0. The smallest absolute Gasteiger partial charge is 0.118 e. The molecule has 1 aliphatic heterocycles. The summed E-state index contributed by atoms with van der Waals surface area (Å²) in [5.41, 5.74) is 1.45. The predicted octanol–water partition coefficient (Wildman–Crippen LogP) is 3.61. The average Bonchev–Trinajstić information content (AvgIpc) is 2.86. The summed E-state index contributed by atoms with van der Waals surface area (Å²) in [4.78, 5) is 0. The third kappa shape index (κ3) is 3.26. The van der Waals surface area contributed by atoms with Crippen LogP contribution in [0.15, 0.2) is 24.3 Å². The van der Waals surface area contributed by atoms with Crippen LogP contribution in [0.4, 0.5) is 0 Å². The molecular formula is C16H26NO+. The van der Waals surface area contributed by atoms with E-state index >= 15 is 0 Å². The molecule has 0 spiro atoms. The number of nitrogens with zero attached hydrogens (tertiary/aromatic N) is 1. The summed E-state index contributed by atoms with van der Waals surface area (Å²) in [6.45, 7) is 7.57. The lowest BCUT2D eigenvalue weighted by Crippen LogP contribution is -2.45. The van der Waals surface area contributed by atoms with Crippen LogP contribution in [0.3, 0.4) is 0 Å². The molecule has 1 heterocycles. The Morgan fingerprint density at radius 3 is 2.33 bits per heavy atom. The Kier molecular flexibility index (Phi) is 4.65. The topological polar surface area (TPSA) is 9.23 Å². The van der Waals surface area contributed by atoms with Crippen molar-refractivity contribution in [2.24, 2.45) is 0 Å². The zero-order valence-electron chi connectivity index (χ0n) is 11.8. The second-order valence-electron chi connectivity index (χ2n) is 5.58. The highest BCUT2D eigenvalue weighted by Gasteiger charge is 2.31. The van der Waals surface area contributed by atoms with E-state index < -0.39 is 0 Å². The minimum atomic E-state index is 0.959. The number of unbranched alkanes of at least 4 members (excludes halogenated alkanes) is 1. The number of benzene rings is 1.